The fourth-order valence-corrected chi connectivity index (χ4v) is 3.14. The highest BCUT2D eigenvalue weighted by atomic mass is 16.4. The molecule has 0 atom stereocenters. The average molecular weight is 269 g/mol. The molecule has 1 N–H and O–H groups in total. The third kappa shape index (κ3) is 2.24. The summed E-state index contributed by atoms with van der Waals surface area (Å²) >= 11 is 0. The number of carbonyl (C=O) groups is 1. The van der Waals surface area contributed by atoms with Gasteiger partial charge in [-0.05, 0) is 37.5 Å². The Morgan fingerprint density at radius 1 is 1.10 bits per heavy atom. The standard InChI is InChI=1S/C17H19NO2/c1-12-6-8-13(9-7-12)15-10-11-16(17(19)20)18(15)14-4-2-3-5-14/h6-11,14H,2-5H2,1H3,(H,19,20). The van der Waals surface area contributed by atoms with Gasteiger partial charge in [0, 0.05) is 11.7 Å². The lowest BCUT2D eigenvalue weighted by Crippen LogP contribution is -2.13. The van der Waals surface area contributed by atoms with Crippen LogP contribution in [-0.4, -0.2) is 15.6 Å². The van der Waals surface area contributed by atoms with Crippen molar-refractivity contribution in [2.45, 2.75) is 38.6 Å². The van der Waals surface area contributed by atoms with E-state index in [0.29, 0.717) is 11.7 Å². The summed E-state index contributed by atoms with van der Waals surface area (Å²) in [4.78, 5) is 11.5. The molecule has 1 aliphatic rings. The third-order valence-electron chi connectivity index (χ3n) is 4.17. The molecule has 0 saturated heterocycles. The average Bonchev–Trinajstić information content (AvgIpc) is 3.08. The number of carboxylic acid groups (broad SMARTS) is 1. The Kier molecular flexibility index (Phi) is 3.35. The molecular formula is C17H19NO2. The van der Waals surface area contributed by atoms with Crippen molar-refractivity contribution in [2.24, 2.45) is 0 Å². The highest BCUT2D eigenvalue weighted by Crippen LogP contribution is 2.35. The molecule has 1 aliphatic carbocycles. The van der Waals surface area contributed by atoms with E-state index in [-0.39, 0.29) is 0 Å². The summed E-state index contributed by atoms with van der Waals surface area (Å²) in [5.74, 6) is -0.838. The minimum absolute atomic E-state index is 0.326. The van der Waals surface area contributed by atoms with E-state index in [1.165, 1.54) is 18.4 Å². The fraction of sp³-hybridized carbons (Fsp3) is 0.353. The van der Waals surface area contributed by atoms with Crippen LogP contribution in [0, 0.1) is 6.92 Å². The lowest BCUT2D eigenvalue weighted by molar-refractivity contribution is 0.0683. The SMILES string of the molecule is Cc1ccc(-c2ccc(C(=O)O)n2C2CCCC2)cc1. The summed E-state index contributed by atoms with van der Waals surface area (Å²) < 4.78 is 2.03. The van der Waals surface area contributed by atoms with Crippen LogP contribution in [0.3, 0.4) is 0 Å². The molecular weight excluding hydrogens is 250 g/mol. The Bertz CT molecular complexity index is 619. The topological polar surface area (TPSA) is 42.2 Å². The number of aryl methyl sites for hydroxylation is 1. The molecule has 1 fully saturated rings. The quantitative estimate of drug-likeness (QED) is 0.903. The van der Waals surface area contributed by atoms with Gasteiger partial charge in [-0.1, -0.05) is 42.7 Å². The zero-order valence-corrected chi connectivity index (χ0v) is 11.7. The first-order valence-corrected chi connectivity index (χ1v) is 7.18. The smallest absolute Gasteiger partial charge is 0.352 e. The Balaban J connectivity index is 2.10. The van der Waals surface area contributed by atoms with Gasteiger partial charge in [0.2, 0.25) is 0 Å². The van der Waals surface area contributed by atoms with Crippen LogP contribution in [0.1, 0.15) is 47.8 Å². The molecule has 0 spiro atoms. The molecule has 2 aromatic rings. The highest BCUT2D eigenvalue weighted by Gasteiger charge is 2.24. The van der Waals surface area contributed by atoms with E-state index in [9.17, 15) is 9.90 Å². The molecule has 0 radical (unpaired) electrons. The predicted molar refractivity (Wildman–Crippen MR) is 79.1 cm³/mol. The highest BCUT2D eigenvalue weighted by molar-refractivity contribution is 5.87. The lowest BCUT2D eigenvalue weighted by atomic mass is 10.1. The molecule has 20 heavy (non-hydrogen) atoms. The Labute approximate surface area is 118 Å². The van der Waals surface area contributed by atoms with Crippen molar-refractivity contribution in [3.8, 4) is 11.3 Å². The summed E-state index contributed by atoms with van der Waals surface area (Å²) in [6, 6.07) is 12.3. The minimum Gasteiger partial charge on any atom is -0.477 e. The number of aromatic carboxylic acids is 1. The van der Waals surface area contributed by atoms with Gasteiger partial charge in [-0.3, -0.25) is 0 Å². The van der Waals surface area contributed by atoms with Crippen molar-refractivity contribution >= 4 is 5.97 Å². The van der Waals surface area contributed by atoms with Crippen LogP contribution in [0.25, 0.3) is 11.3 Å². The zero-order valence-electron chi connectivity index (χ0n) is 11.7. The molecule has 3 nitrogen and oxygen atoms in total. The van der Waals surface area contributed by atoms with Crippen LogP contribution in [-0.2, 0) is 0 Å². The molecule has 0 bridgehead atoms. The first kappa shape index (κ1) is 13.0. The number of hydrogen-bond donors (Lipinski definition) is 1. The zero-order chi connectivity index (χ0) is 14.1. The largest absolute Gasteiger partial charge is 0.477 e. The molecule has 0 unspecified atom stereocenters. The van der Waals surface area contributed by atoms with Gasteiger partial charge >= 0.3 is 5.97 Å². The lowest BCUT2D eigenvalue weighted by Gasteiger charge is -2.18. The van der Waals surface area contributed by atoms with Gasteiger partial charge in [-0.15, -0.1) is 0 Å². The molecule has 0 aliphatic heterocycles. The molecule has 1 aromatic carbocycles. The summed E-state index contributed by atoms with van der Waals surface area (Å²) in [6.45, 7) is 2.06. The van der Waals surface area contributed by atoms with Crippen molar-refractivity contribution in [1.82, 2.24) is 4.57 Å². The van der Waals surface area contributed by atoms with Crippen LogP contribution in [0.4, 0.5) is 0 Å². The van der Waals surface area contributed by atoms with Crippen molar-refractivity contribution in [3.63, 3.8) is 0 Å². The van der Waals surface area contributed by atoms with E-state index in [0.717, 1.165) is 24.1 Å². The van der Waals surface area contributed by atoms with E-state index in [2.05, 4.69) is 31.2 Å². The monoisotopic (exact) mass is 269 g/mol. The molecule has 3 heteroatoms. The summed E-state index contributed by atoms with van der Waals surface area (Å²) in [5, 5.41) is 9.41. The second-order valence-corrected chi connectivity index (χ2v) is 5.58. The maximum atomic E-state index is 11.5. The van der Waals surface area contributed by atoms with Gasteiger partial charge < -0.3 is 9.67 Å². The molecule has 3 rings (SSSR count). The first-order chi connectivity index (χ1) is 9.66. The van der Waals surface area contributed by atoms with Crippen molar-refractivity contribution in [1.29, 1.82) is 0 Å². The second kappa shape index (κ2) is 5.16. The second-order valence-electron chi connectivity index (χ2n) is 5.58. The number of rotatable bonds is 3. The van der Waals surface area contributed by atoms with Gasteiger partial charge in [0.05, 0.1) is 0 Å². The molecule has 0 amide bonds. The van der Waals surface area contributed by atoms with Crippen LogP contribution in [0.15, 0.2) is 36.4 Å². The normalized spacial score (nSPS) is 15.7. The fourth-order valence-electron chi connectivity index (χ4n) is 3.14. The minimum atomic E-state index is -0.838. The number of hydrogen-bond acceptors (Lipinski definition) is 1. The Morgan fingerprint density at radius 2 is 1.75 bits per heavy atom. The van der Waals surface area contributed by atoms with E-state index >= 15 is 0 Å². The maximum absolute atomic E-state index is 11.5. The van der Waals surface area contributed by atoms with Gasteiger partial charge in [-0.25, -0.2) is 4.79 Å². The summed E-state index contributed by atoms with van der Waals surface area (Å²) in [7, 11) is 0. The van der Waals surface area contributed by atoms with Crippen LogP contribution < -0.4 is 0 Å². The molecule has 104 valence electrons. The van der Waals surface area contributed by atoms with Crippen molar-refractivity contribution in [2.75, 3.05) is 0 Å². The summed E-state index contributed by atoms with van der Waals surface area (Å²) in [5.41, 5.74) is 3.74. The van der Waals surface area contributed by atoms with Crippen LogP contribution >= 0.6 is 0 Å². The van der Waals surface area contributed by atoms with Gasteiger partial charge in [-0.2, -0.15) is 0 Å². The molecule has 1 heterocycles. The number of nitrogens with zero attached hydrogens (tertiary/aromatic N) is 1. The number of benzene rings is 1. The van der Waals surface area contributed by atoms with Crippen molar-refractivity contribution in [3.05, 3.63) is 47.7 Å². The number of aromatic nitrogens is 1. The Morgan fingerprint density at radius 3 is 2.35 bits per heavy atom. The van der Waals surface area contributed by atoms with Gasteiger partial charge in [0.25, 0.3) is 0 Å². The van der Waals surface area contributed by atoms with Crippen molar-refractivity contribution < 1.29 is 9.90 Å². The summed E-state index contributed by atoms with van der Waals surface area (Å²) in [6.07, 6.45) is 4.53. The molecule has 1 saturated carbocycles. The van der Waals surface area contributed by atoms with E-state index < -0.39 is 5.97 Å². The van der Waals surface area contributed by atoms with Crippen LogP contribution in [0.2, 0.25) is 0 Å². The van der Waals surface area contributed by atoms with Crippen LogP contribution in [0.5, 0.6) is 0 Å². The third-order valence-corrected chi connectivity index (χ3v) is 4.17. The maximum Gasteiger partial charge on any atom is 0.352 e. The van der Waals surface area contributed by atoms with E-state index in [4.69, 9.17) is 0 Å². The molecule has 1 aromatic heterocycles. The van der Waals surface area contributed by atoms with E-state index in [1.807, 2.05) is 10.6 Å². The first-order valence-electron chi connectivity index (χ1n) is 7.18. The Hall–Kier alpha value is -2.03. The number of carboxylic acids is 1. The van der Waals surface area contributed by atoms with E-state index in [1.54, 1.807) is 6.07 Å². The predicted octanol–water partition coefficient (Wildman–Crippen LogP) is 4.28. The van der Waals surface area contributed by atoms with Gasteiger partial charge in [0.1, 0.15) is 5.69 Å². The van der Waals surface area contributed by atoms with Gasteiger partial charge in [0.15, 0.2) is 0 Å².